The normalized spacial score (nSPS) is 20.8. The third-order valence-electron chi connectivity index (χ3n) is 3.58. The number of esters is 1. The first kappa shape index (κ1) is 13.6. The fourth-order valence-corrected chi connectivity index (χ4v) is 2.65. The predicted octanol–water partition coefficient (Wildman–Crippen LogP) is 2.51. The molecule has 0 spiro atoms. The van der Waals surface area contributed by atoms with Crippen molar-refractivity contribution in [2.75, 3.05) is 20.3 Å². The highest BCUT2D eigenvalue weighted by Gasteiger charge is 2.47. The molecule has 1 atom stereocenters. The van der Waals surface area contributed by atoms with Crippen LogP contribution in [0.2, 0.25) is 0 Å². The van der Waals surface area contributed by atoms with Gasteiger partial charge in [0.1, 0.15) is 12.4 Å². The van der Waals surface area contributed by atoms with Crippen molar-refractivity contribution in [3.05, 3.63) is 65.7 Å². The summed E-state index contributed by atoms with van der Waals surface area (Å²) < 4.78 is 16.7. The van der Waals surface area contributed by atoms with Gasteiger partial charge in [-0.15, -0.1) is 0 Å². The maximum absolute atomic E-state index is 12.6. The fraction of sp³-hybridized carbons (Fsp3) is 0.235. The van der Waals surface area contributed by atoms with Crippen LogP contribution in [0.3, 0.4) is 0 Å². The van der Waals surface area contributed by atoms with Crippen LogP contribution >= 0.6 is 0 Å². The van der Waals surface area contributed by atoms with Crippen molar-refractivity contribution in [3.63, 3.8) is 0 Å². The van der Waals surface area contributed by atoms with Gasteiger partial charge in [-0.05, 0) is 11.6 Å². The Labute approximate surface area is 123 Å². The van der Waals surface area contributed by atoms with Gasteiger partial charge in [0.05, 0.1) is 13.7 Å². The summed E-state index contributed by atoms with van der Waals surface area (Å²) in [5.41, 5.74) is 0.110. The van der Waals surface area contributed by atoms with Gasteiger partial charge in [0.25, 0.3) is 0 Å². The lowest BCUT2D eigenvalue weighted by Crippen LogP contribution is -2.40. The van der Waals surface area contributed by atoms with E-state index in [0.29, 0.717) is 24.5 Å². The first-order valence-electron chi connectivity index (χ1n) is 6.79. The van der Waals surface area contributed by atoms with Gasteiger partial charge in [-0.2, -0.15) is 0 Å². The Bertz CT molecular complexity index is 638. The van der Waals surface area contributed by atoms with Crippen LogP contribution in [0.25, 0.3) is 0 Å². The second-order valence-corrected chi connectivity index (χ2v) is 4.73. The molecule has 0 aliphatic carbocycles. The monoisotopic (exact) mass is 284 g/mol. The minimum Gasteiger partial charge on any atom is -0.491 e. The maximum Gasteiger partial charge on any atom is 0.347 e. The molecule has 4 heteroatoms. The van der Waals surface area contributed by atoms with Crippen LogP contribution in [0.15, 0.2) is 54.6 Å². The van der Waals surface area contributed by atoms with Crippen LogP contribution in [0.5, 0.6) is 5.75 Å². The van der Waals surface area contributed by atoms with E-state index in [9.17, 15) is 4.79 Å². The zero-order valence-electron chi connectivity index (χ0n) is 11.7. The molecule has 0 saturated carbocycles. The van der Waals surface area contributed by atoms with E-state index < -0.39 is 11.6 Å². The van der Waals surface area contributed by atoms with Gasteiger partial charge < -0.3 is 14.2 Å². The van der Waals surface area contributed by atoms with Crippen molar-refractivity contribution >= 4 is 5.97 Å². The SMILES string of the molecule is COC(=O)C1(c2ccccc2)OCCOc2ccccc21. The lowest BCUT2D eigenvalue weighted by Gasteiger charge is -2.30. The number of benzene rings is 2. The van der Waals surface area contributed by atoms with Crippen molar-refractivity contribution in [2.24, 2.45) is 0 Å². The Kier molecular flexibility index (Phi) is 3.62. The summed E-state index contributed by atoms with van der Waals surface area (Å²) in [4.78, 5) is 12.6. The summed E-state index contributed by atoms with van der Waals surface area (Å²) in [6, 6.07) is 16.8. The molecule has 1 aliphatic heterocycles. The number of fused-ring (bicyclic) bond motifs is 1. The molecule has 4 nitrogen and oxygen atoms in total. The lowest BCUT2D eigenvalue weighted by molar-refractivity contribution is -0.165. The van der Waals surface area contributed by atoms with E-state index in [1.165, 1.54) is 7.11 Å². The zero-order chi connectivity index (χ0) is 14.7. The molecule has 1 aliphatic rings. The fourth-order valence-electron chi connectivity index (χ4n) is 2.65. The number of hydrogen-bond acceptors (Lipinski definition) is 4. The third kappa shape index (κ3) is 2.17. The van der Waals surface area contributed by atoms with E-state index in [0.717, 1.165) is 5.56 Å². The van der Waals surface area contributed by atoms with Crippen LogP contribution < -0.4 is 4.74 Å². The highest BCUT2D eigenvalue weighted by Crippen LogP contribution is 2.41. The van der Waals surface area contributed by atoms with Gasteiger partial charge >= 0.3 is 5.97 Å². The topological polar surface area (TPSA) is 44.8 Å². The highest BCUT2D eigenvalue weighted by molar-refractivity contribution is 5.86. The molecule has 21 heavy (non-hydrogen) atoms. The Morgan fingerprint density at radius 1 is 1.05 bits per heavy atom. The first-order valence-corrected chi connectivity index (χ1v) is 6.79. The van der Waals surface area contributed by atoms with Crippen LogP contribution in [-0.2, 0) is 19.9 Å². The van der Waals surface area contributed by atoms with Gasteiger partial charge in [-0.1, -0.05) is 48.5 Å². The van der Waals surface area contributed by atoms with E-state index in [-0.39, 0.29) is 0 Å². The van der Waals surface area contributed by atoms with Crippen LogP contribution in [-0.4, -0.2) is 26.3 Å². The molecule has 0 fully saturated rings. The largest absolute Gasteiger partial charge is 0.491 e. The van der Waals surface area contributed by atoms with Crippen LogP contribution in [0, 0.1) is 0 Å². The standard InChI is InChI=1S/C17H16O4/c1-19-16(18)17(13-7-3-2-4-8-13)14-9-5-6-10-15(14)20-11-12-21-17/h2-10H,11-12H2,1H3. The quantitative estimate of drug-likeness (QED) is 0.795. The van der Waals surface area contributed by atoms with Gasteiger partial charge in [0, 0.05) is 5.56 Å². The number of carbonyl (C=O) groups is 1. The summed E-state index contributed by atoms with van der Waals surface area (Å²) in [6.45, 7) is 0.696. The summed E-state index contributed by atoms with van der Waals surface area (Å²) >= 11 is 0. The van der Waals surface area contributed by atoms with E-state index in [1.807, 2.05) is 54.6 Å². The average Bonchev–Trinajstić information content (AvgIpc) is 2.75. The van der Waals surface area contributed by atoms with E-state index in [1.54, 1.807) is 0 Å². The molecule has 0 amide bonds. The van der Waals surface area contributed by atoms with E-state index in [2.05, 4.69) is 0 Å². The third-order valence-corrected chi connectivity index (χ3v) is 3.58. The summed E-state index contributed by atoms with van der Waals surface area (Å²) in [6.07, 6.45) is 0. The minimum absolute atomic E-state index is 0.304. The molecule has 1 heterocycles. The van der Waals surface area contributed by atoms with Crippen LogP contribution in [0.4, 0.5) is 0 Å². The van der Waals surface area contributed by atoms with Crippen molar-refractivity contribution < 1.29 is 19.0 Å². The van der Waals surface area contributed by atoms with Crippen molar-refractivity contribution in [1.82, 2.24) is 0 Å². The van der Waals surface area contributed by atoms with Crippen molar-refractivity contribution in [1.29, 1.82) is 0 Å². The highest BCUT2D eigenvalue weighted by atomic mass is 16.6. The Balaban J connectivity index is 2.27. The number of ether oxygens (including phenoxy) is 3. The minimum atomic E-state index is -1.29. The smallest absolute Gasteiger partial charge is 0.347 e. The van der Waals surface area contributed by atoms with Crippen molar-refractivity contribution in [2.45, 2.75) is 5.60 Å². The lowest BCUT2D eigenvalue weighted by atomic mass is 9.85. The van der Waals surface area contributed by atoms with Gasteiger partial charge in [-0.3, -0.25) is 0 Å². The molecule has 0 bridgehead atoms. The Morgan fingerprint density at radius 3 is 2.52 bits per heavy atom. The van der Waals surface area contributed by atoms with E-state index >= 15 is 0 Å². The molecule has 1 unspecified atom stereocenters. The number of carbonyl (C=O) groups excluding carboxylic acids is 1. The molecule has 3 rings (SSSR count). The molecule has 0 radical (unpaired) electrons. The molecule has 2 aromatic carbocycles. The first-order chi connectivity index (χ1) is 10.3. The molecule has 0 N–H and O–H groups in total. The number of rotatable bonds is 2. The molecule has 0 saturated heterocycles. The molecular weight excluding hydrogens is 268 g/mol. The number of methoxy groups -OCH3 is 1. The maximum atomic E-state index is 12.6. The second-order valence-electron chi connectivity index (χ2n) is 4.73. The van der Waals surface area contributed by atoms with Crippen molar-refractivity contribution in [3.8, 4) is 5.75 Å². The van der Waals surface area contributed by atoms with Gasteiger partial charge in [-0.25, -0.2) is 4.79 Å². The molecular formula is C17H16O4. The summed E-state index contributed by atoms with van der Waals surface area (Å²) in [7, 11) is 1.37. The Hall–Kier alpha value is -2.33. The molecule has 0 aromatic heterocycles. The van der Waals surface area contributed by atoms with Gasteiger partial charge in [0.15, 0.2) is 0 Å². The van der Waals surface area contributed by atoms with Crippen LogP contribution in [0.1, 0.15) is 11.1 Å². The Morgan fingerprint density at radius 2 is 1.76 bits per heavy atom. The van der Waals surface area contributed by atoms with Gasteiger partial charge in [0.2, 0.25) is 5.60 Å². The zero-order valence-corrected chi connectivity index (χ0v) is 11.7. The number of hydrogen-bond donors (Lipinski definition) is 0. The second kappa shape index (κ2) is 5.58. The molecule has 108 valence electrons. The number of para-hydroxylation sites is 1. The summed E-state index contributed by atoms with van der Waals surface area (Å²) in [5.74, 6) is 0.191. The predicted molar refractivity (Wildman–Crippen MR) is 77.1 cm³/mol. The average molecular weight is 284 g/mol. The molecule has 2 aromatic rings. The van der Waals surface area contributed by atoms with E-state index in [4.69, 9.17) is 14.2 Å². The summed E-state index contributed by atoms with van der Waals surface area (Å²) in [5, 5.41) is 0.